The van der Waals surface area contributed by atoms with Crippen molar-refractivity contribution in [3.05, 3.63) is 93.2 Å². The summed E-state index contributed by atoms with van der Waals surface area (Å²) in [7, 11) is 0. The molecule has 3 N–H and O–H groups in total. The van der Waals surface area contributed by atoms with Crippen LogP contribution in [0, 0.1) is 5.82 Å². The number of amides is 1. The van der Waals surface area contributed by atoms with Gasteiger partial charge in [-0.05, 0) is 24.3 Å². The van der Waals surface area contributed by atoms with Gasteiger partial charge in [-0.1, -0.05) is 29.8 Å². The summed E-state index contributed by atoms with van der Waals surface area (Å²) >= 11 is 6.05. The van der Waals surface area contributed by atoms with E-state index in [9.17, 15) is 14.0 Å². The highest BCUT2D eigenvalue weighted by Crippen LogP contribution is 2.34. The number of halogens is 2. The molecular formula is C24H19ClFN5O4. The summed E-state index contributed by atoms with van der Waals surface area (Å²) in [5.41, 5.74) is 6.32. The van der Waals surface area contributed by atoms with E-state index in [1.54, 1.807) is 28.9 Å². The zero-order valence-electron chi connectivity index (χ0n) is 18.2. The van der Waals surface area contributed by atoms with Crippen molar-refractivity contribution < 1.29 is 18.7 Å². The number of carbonyl (C=O) groups is 1. The first-order valence-electron chi connectivity index (χ1n) is 10.6. The summed E-state index contributed by atoms with van der Waals surface area (Å²) in [6.45, 7) is 0.930. The molecule has 9 nitrogen and oxygen atoms in total. The van der Waals surface area contributed by atoms with Crippen molar-refractivity contribution in [2.45, 2.75) is 13.2 Å². The topological polar surface area (TPSA) is 113 Å². The number of pyridine rings is 1. The zero-order chi connectivity index (χ0) is 24.5. The minimum Gasteiger partial charge on any atom is -0.453 e. The Balaban J connectivity index is 1.43. The lowest BCUT2D eigenvalue weighted by Crippen LogP contribution is -2.26. The summed E-state index contributed by atoms with van der Waals surface area (Å²) in [6.07, 6.45) is 1.38. The van der Waals surface area contributed by atoms with E-state index in [1.165, 1.54) is 29.1 Å². The minimum atomic E-state index is -0.752. The van der Waals surface area contributed by atoms with Crippen molar-refractivity contribution in [3.8, 4) is 17.2 Å². The number of rotatable bonds is 5. The molecule has 2 aromatic heterocycles. The number of ether oxygens (including phenoxy) is 2. The van der Waals surface area contributed by atoms with Gasteiger partial charge in [-0.3, -0.25) is 14.3 Å². The van der Waals surface area contributed by atoms with Crippen LogP contribution >= 0.6 is 11.6 Å². The Labute approximate surface area is 203 Å². The van der Waals surface area contributed by atoms with Crippen molar-refractivity contribution in [2.24, 2.45) is 0 Å². The van der Waals surface area contributed by atoms with Crippen molar-refractivity contribution in [3.63, 3.8) is 0 Å². The second-order valence-corrected chi connectivity index (χ2v) is 8.04. The first-order valence-corrected chi connectivity index (χ1v) is 11.0. The van der Waals surface area contributed by atoms with Crippen LogP contribution in [0.1, 0.15) is 16.1 Å². The van der Waals surface area contributed by atoms with Crippen molar-refractivity contribution >= 4 is 29.0 Å². The molecular weight excluding hydrogens is 477 g/mol. The van der Waals surface area contributed by atoms with Crippen LogP contribution in [0.4, 0.5) is 15.9 Å². The number of aromatic nitrogens is 3. The molecule has 2 aromatic carbocycles. The van der Waals surface area contributed by atoms with E-state index < -0.39 is 17.3 Å². The largest absolute Gasteiger partial charge is 0.453 e. The molecule has 11 heteroatoms. The van der Waals surface area contributed by atoms with Gasteiger partial charge in [0.05, 0.1) is 31.1 Å². The van der Waals surface area contributed by atoms with Crippen LogP contribution < -0.4 is 21.3 Å². The molecule has 178 valence electrons. The number of nitrogens with one attached hydrogen (secondary N) is 1. The molecule has 0 bridgehead atoms. The Bertz CT molecular complexity index is 1490. The molecule has 0 spiro atoms. The number of nitrogen functional groups attached to an aromatic ring is 1. The van der Waals surface area contributed by atoms with Crippen molar-refractivity contribution in [2.75, 3.05) is 17.7 Å². The van der Waals surface area contributed by atoms with Gasteiger partial charge in [0, 0.05) is 24.0 Å². The molecule has 0 aliphatic carbocycles. The molecule has 0 fully saturated rings. The fourth-order valence-electron chi connectivity index (χ4n) is 3.84. The van der Waals surface area contributed by atoms with Gasteiger partial charge in [-0.25, -0.2) is 14.1 Å². The highest BCUT2D eigenvalue weighted by Gasteiger charge is 2.28. The summed E-state index contributed by atoms with van der Waals surface area (Å²) in [5.74, 6) is -1.36. The third-order valence-corrected chi connectivity index (χ3v) is 5.83. The van der Waals surface area contributed by atoms with Gasteiger partial charge in [-0.2, -0.15) is 0 Å². The second kappa shape index (κ2) is 9.24. The monoisotopic (exact) mass is 495 g/mol. The van der Waals surface area contributed by atoms with Crippen LogP contribution in [-0.2, 0) is 17.9 Å². The van der Waals surface area contributed by atoms with Crippen LogP contribution in [0.2, 0.25) is 5.02 Å². The SMILES string of the molecule is Nc1nccc(Oc2ccc(NC(=O)c3c4n(n(-c5ccccc5)c3=O)CCOC4)cc2F)c1Cl. The maximum absolute atomic E-state index is 14.7. The van der Waals surface area contributed by atoms with Crippen molar-refractivity contribution in [1.29, 1.82) is 0 Å². The van der Waals surface area contributed by atoms with E-state index in [2.05, 4.69) is 10.3 Å². The number of para-hydroxylation sites is 1. The molecule has 35 heavy (non-hydrogen) atoms. The molecule has 3 heterocycles. The van der Waals surface area contributed by atoms with Gasteiger partial charge in [-0.15, -0.1) is 0 Å². The van der Waals surface area contributed by atoms with Crippen LogP contribution in [0.5, 0.6) is 11.5 Å². The molecule has 5 rings (SSSR count). The molecule has 1 aliphatic rings. The number of anilines is 2. The van der Waals surface area contributed by atoms with E-state index in [0.29, 0.717) is 24.5 Å². The summed E-state index contributed by atoms with van der Waals surface area (Å²) < 4.78 is 28.9. The van der Waals surface area contributed by atoms with E-state index in [1.807, 2.05) is 6.07 Å². The number of carbonyl (C=O) groups excluding carboxylic acids is 1. The predicted octanol–water partition coefficient (Wildman–Crippen LogP) is 3.98. The predicted molar refractivity (Wildman–Crippen MR) is 128 cm³/mol. The number of nitrogens with two attached hydrogens (primary N) is 1. The van der Waals surface area contributed by atoms with Crippen molar-refractivity contribution in [1.82, 2.24) is 14.3 Å². The van der Waals surface area contributed by atoms with E-state index >= 15 is 0 Å². The van der Waals surface area contributed by atoms with E-state index in [4.69, 9.17) is 26.8 Å². The molecule has 1 amide bonds. The van der Waals surface area contributed by atoms with Gasteiger partial charge in [0.1, 0.15) is 16.4 Å². The molecule has 0 atom stereocenters. The first-order chi connectivity index (χ1) is 16.9. The minimum absolute atomic E-state index is 0.0505. The molecule has 0 saturated heterocycles. The third kappa shape index (κ3) is 4.25. The third-order valence-electron chi connectivity index (χ3n) is 5.45. The number of nitrogens with zero attached hydrogens (tertiary/aromatic N) is 3. The lowest BCUT2D eigenvalue weighted by molar-refractivity contribution is 0.0756. The Morgan fingerprint density at radius 1 is 1.17 bits per heavy atom. The Kier molecular flexibility index (Phi) is 5.98. The van der Waals surface area contributed by atoms with Gasteiger partial charge in [0.25, 0.3) is 11.5 Å². The standard InChI is InChI=1S/C24H19ClFN5O4/c25-21-19(8-9-28-22(21)27)35-18-7-6-14(12-16(18)26)29-23(32)20-17-13-34-11-10-30(17)31(24(20)33)15-4-2-1-3-5-15/h1-9,12H,10-11,13H2,(H2,27,28)(H,29,32). The summed E-state index contributed by atoms with van der Waals surface area (Å²) in [4.78, 5) is 30.2. The van der Waals surface area contributed by atoms with Crippen LogP contribution in [-0.4, -0.2) is 26.9 Å². The van der Waals surface area contributed by atoms with Crippen LogP contribution in [0.25, 0.3) is 5.69 Å². The number of fused-ring (bicyclic) bond motifs is 1. The number of benzene rings is 2. The average Bonchev–Trinajstić information content (AvgIpc) is 3.16. The summed E-state index contributed by atoms with van der Waals surface area (Å²) in [6, 6.07) is 14.3. The van der Waals surface area contributed by atoms with Gasteiger partial charge < -0.3 is 20.5 Å². The summed E-state index contributed by atoms with van der Waals surface area (Å²) in [5, 5.41) is 2.65. The van der Waals surface area contributed by atoms with Gasteiger partial charge in [0.2, 0.25) is 0 Å². The number of hydrogen-bond acceptors (Lipinski definition) is 6. The van der Waals surface area contributed by atoms with E-state index in [-0.39, 0.29) is 40.2 Å². The molecule has 0 unspecified atom stereocenters. The fraction of sp³-hybridized carbons (Fsp3) is 0.125. The zero-order valence-corrected chi connectivity index (χ0v) is 19.0. The Morgan fingerprint density at radius 2 is 1.97 bits per heavy atom. The molecule has 1 aliphatic heterocycles. The maximum atomic E-state index is 14.7. The maximum Gasteiger partial charge on any atom is 0.284 e. The second-order valence-electron chi connectivity index (χ2n) is 7.66. The van der Waals surface area contributed by atoms with Gasteiger partial charge >= 0.3 is 0 Å². The lowest BCUT2D eigenvalue weighted by atomic mass is 10.2. The Hall–Kier alpha value is -4.15. The number of hydrogen-bond donors (Lipinski definition) is 2. The van der Waals surface area contributed by atoms with Crippen LogP contribution in [0.15, 0.2) is 65.6 Å². The molecule has 4 aromatic rings. The highest BCUT2D eigenvalue weighted by molar-refractivity contribution is 6.34. The molecule has 0 saturated carbocycles. The highest BCUT2D eigenvalue weighted by atomic mass is 35.5. The van der Waals surface area contributed by atoms with Crippen LogP contribution in [0.3, 0.4) is 0 Å². The quantitative estimate of drug-likeness (QED) is 0.433. The lowest BCUT2D eigenvalue weighted by Gasteiger charge is -2.19. The average molecular weight is 496 g/mol. The van der Waals surface area contributed by atoms with E-state index in [0.717, 1.165) is 6.07 Å². The Morgan fingerprint density at radius 3 is 2.74 bits per heavy atom. The normalized spacial score (nSPS) is 12.7. The first kappa shape index (κ1) is 22.6. The molecule has 0 radical (unpaired) electrons. The van der Waals surface area contributed by atoms with Gasteiger partial charge in [0.15, 0.2) is 17.3 Å². The fourth-order valence-corrected chi connectivity index (χ4v) is 3.99. The smallest absolute Gasteiger partial charge is 0.284 e.